The summed E-state index contributed by atoms with van der Waals surface area (Å²) in [5.74, 6) is 0. The van der Waals surface area contributed by atoms with E-state index in [4.69, 9.17) is 0 Å². The molecule has 0 aromatic heterocycles. The van der Waals surface area contributed by atoms with E-state index in [1.165, 1.54) is 99.4 Å². The van der Waals surface area contributed by atoms with Gasteiger partial charge < -0.3 is 0 Å². The molecule has 0 aliphatic heterocycles. The molecule has 254 valence electrons. The fourth-order valence-corrected chi connectivity index (χ4v) is 8.38. The van der Waals surface area contributed by atoms with Crippen molar-refractivity contribution in [3.8, 4) is 66.8 Å². The van der Waals surface area contributed by atoms with Crippen molar-refractivity contribution in [2.75, 3.05) is 0 Å². The van der Waals surface area contributed by atoms with Crippen LogP contribution in [0, 0.1) is 0 Å². The van der Waals surface area contributed by atoms with Gasteiger partial charge in [-0.2, -0.15) is 0 Å². The zero-order valence-corrected chi connectivity index (χ0v) is 30.0. The van der Waals surface area contributed by atoms with Gasteiger partial charge in [0.15, 0.2) is 0 Å². The van der Waals surface area contributed by atoms with Crippen molar-refractivity contribution < 1.29 is 0 Å². The zero-order chi connectivity index (χ0) is 35.8. The minimum Gasteiger partial charge on any atom is -0.0836 e. The highest BCUT2D eigenvalue weighted by Crippen LogP contribution is 2.46. The van der Waals surface area contributed by atoms with E-state index in [0.717, 1.165) is 12.8 Å². The van der Waals surface area contributed by atoms with Crippen molar-refractivity contribution in [2.45, 2.75) is 12.8 Å². The van der Waals surface area contributed by atoms with E-state index in [2.05, 4.69) is 206 Å². The van der Waals surface area contributed by atoms with Gasteiger partial charge in [-0.1, -0.05) is 194 Å². The second kappa shape index (κ2) is 13.7. The summed E-state index contributed by atoms with van der Waals surface area (Å²) in [4.78, 5) is 0. The SMILES string of the molecule is C1=Cc2ccc(-c3c4ccc(-c5ccc(-c6ccccc6)cc5)cc4c(-c4ccccc4)c4ccc(-c5ccc(-c6ccccc6)cc5)cc34)cc2CC1. The first kappa shape index (κ1) is 31.9. The molecule has 0 N–H and O–H groups in total. The van der Waals surface area contributed by atoms with Crippen LogP contribution in [0.1, 0.15) is 17.5 Å². The molecule has 0 radical (unpaired) electrons. The Bertz CT molecular complexity index is 2810. The topological polar surface area (TPSA) is 0 Å². The maximum absolute atomic E-state index is 2.45. The van der Waals surface area contributed by atoms with E-state index in [9.17, 15) is 0 Å². The minimum atomic E-state index is 1.07. The molecule has 0 amide bonds. The monoisotopic (exact) mass is 686 g/mol. The normalized spacial score (nSPS) is 12.2. The summed E-state index contributed by atoms with van der Waals surface area (Å²) < 4.78 is 0. The Kier molecular flexibility index (Phi) is 8.08. The van der Waals surface area contributed by atoms with Gasteiger partial charge in [0, 0.05) is 0 Å². The number of hydrogen-bond acceptors (Lipinski definition) is 0. The Balaban J connectivity index is 1.21. The van der Waals surface area contributed by atoms with Crippen LogP contribution >= 0.6 is 0 Å². The van der Waals surface area contributed by atoms with Gasteiger partial charge in [-0.15, -0.1) is 0 Å². The molecule has 9 aromatic carbocycles. The molecule has 0 atom stereocenters. The Labute approximate surface area is 317 Å². The fraction of sp³-hybridized carbons (Fsp3) is 0.0370. The highest BCUT2D eigenvalue weighted by atomic mass is 14.2. The predicted octanol–water partition coefficient (Wildman–Crippen LogP) is 15.0. The van der Waals surface area contributed by atoms with Crippen LogP contribution in [0.4, 0.5) is 0 Å². The van der Waals surface area contributed by atoms with Crippen LogP contribution in [0.5, 0.6) is 0 Å². The largest absolute Gasteiger partial charge is 0.0836 e. The van der Waals surface area contributed by atoms with Gasteiger partial charge in [0.25, 0.3) is 0 Å². The van der Waals surface area contributed by atoms with Crippen LogP contribution in [0.3, 0.4) is 0 Å². The number of benzene rings is 9. The van der Waals surface area contributed by atoms with Gasteiger partial charge in [-0.3, -0.25) is 0 Å². The lowest BCUT2D eigenvalue weighted by molar-refractivity contribution is 0.986. The van der Waals surface area contributed by atoms with E-state index in [1.54, 1.807) is 0 Å². The van der Waals surface area contributed by atoms with E-state index in [0.29, 0.717) is 0 Å². The molecular formula is C54H38. The summed E-state index contributed by atoms with van der Waals surface area (Å²) in [5.41, 5.74) is 17.6. The molecule has 0 bridgehead atoms. The first-order chi connectivity index (χ1) is 26.8. The standard InChI is InChI=1S/C54H38/c1-4-12-37(13-5-1)40-20-24-42(25-21-40)46-31-33-50-51(35-46)53(44-17-8-3-9-18-44)49-32-30-47(43-26-22-41(23-27-43)38-14-6-2-7-15-38)36-52(49)54(50)48-29-28-39-16-10-11-19-45(39)34-48/h1-10,12-18,20-36H,11,19H2. The Morgan fingerprint density at radius 3 is 1.17 bits per heavy atom. The van der Waals surface area contributed by atoms with Crippen LogP contribution in [0.15, 0.2) is 200 Å². The van der Waals surface area contributed by atoms with Crippen LogP contribution in [0.2, 0.25) is 0 Å². The Morgan fingerprint density at radius 1 is 0.278 bits per heavy atom. The maximum atomic E-state index is 2.45. The molecule has 0 unspecified atom stereocenters. The van der Waals surface area contributed by atoms with Gasteiger partial charge in [-0.25, -0.2) is 0 Å². The van der Waals surface area contributed by atoms with Crippen molar-refractivity contribution in [1.29, 1.82) is 0 Å². The van der Waals surface area contributed by atoms with Crippen LogP contribution in [-0.2, 0) is 6.42 Å². The third kappa shape index (κ3) is 5.83. The highest BCUT2D eigenvalue weighted by molar-refractivity contribution is 6.22. The summed E-state index contributed by atoms with van der Waals surface area (Å²) in [6, 6.07) is 71.6. The molecule has 0 spiro atoms. The Morgan fingerprint density at radius 2 is 0.667 bits per heavy atom. The Hall–Kier alpha value is -6.76. The second-order valence-corrected chi connectivity index (χ2v) is 14.4. The average Bonchev–Trinajstić information content (AvgIpc) is 3.26. The first-order valence-corrected chi connectivity index (χ1v) is 19.0. The van der Waals surface area contributed by atoms with Crippen molar-refractivity contribution in [1.82, 2.24) is 0 Å². The highest BCUT2D eigenvalue weighted by Gasteiger charge is 2.20. The van der Waals surface area contributed by atoms with Gasteiger partial charge in [-0.05, 0) is 124 Å². The predicted molar refractivity (Wildman–Crippen MR) is 231 cm³/mol. The van der Waals surface area contributed by atoms with Gasteiger partial charge in [0.05, 0.1) is 0 Å². The number of fused-ring (bicyclic) bond motifs is 3. The number of allylic oxidation sites excluding steroid dienone is 1. The van der Waals surface area contributed by atoms with Crippen molar-refractivity contribution in [3.63, 3.8) is 0 Å². The van der Waals surface area contributed by atoms with E-state index >= 15 is 0 Å². The molecular weight excluding hydrogens is 649 g/mol. The molecule has 54 heavy (non-hydrogen) atoms. The smallest absolute Gasteiger partial charge is 0.00260 e. The molecule has 10 rings (SSSR count). The summed E-state index contributed by atoms with van der Waals surface area (Å²) in [5, 5.41) is 5.08. The lowest BCUT2D eigenvalue weighted by Gasteiger charge is -2.21. The molecule has 0 fully saturated rings. The van der Waals surface area contributed by atoms with Gasteiger partial charge >= 0.3 is 0 Å². The van der Waals surface area contributed by atoms with E-state index in [1.807, 2.05) is 0 Å². The van der Waals surface area contributed by atoms with E-state index in [-0.39, 0.29) is 0 Å². The molecule has 0 nitrogen and oxygen atoms in total. The third-order valence-corrected chi connectivity index (χ3v) is 11.1. The molecule has 1 aliphatic carbocycles. The summed E-state index contributed by atoms with van der Waals surface area (Å²) >= 11 is 0. The number of aryl methyl sites for hydroxylation is 1. The summed E-state index contributed by atoms with van der Waals surface area (Å²) in [6.07, 6.45) is 6.73. The van der Waals surface area contributed by atoms with E-state index < -0.39 is 0 Å². The van der Waals surface area contributed by atoms with Gasteiger partial charge in [0.1, 0.15) is 0 Å². The zero-order valence-electron chi connectivity index (χ0n) is 30.0. The van der Waals surface area contributed by atoms with Gasteiger partial charge in [0.2, 0.25) is 0 Å². The molecule has 0 heterocycles. The van der Waals surface area contributed by atoms with Crippen molar-refractivity contribution >= 4 is 27.6 Å². The maximum Gasteiger partial charge on any atom is -0.00260 e. The van der Waals surface area contributed by atoms with Crippen LogP contribution in [0.25, 0.3) is 94.4 Å². The van der Waals surface area contributed by atoms with Crippen molar-refractivity contribution in [2.24, 2.45) is 0 Å². The minimum absolute atomic E-state index is 1.07. The second-order valence-electron chi connectivity index (χ2n) is 14.4. The van der Waals surface area contributed by atoms with Crippen LogP contribution in [-0.4, -0.2) is 0 Å². The molecule has 0 saturated heterocycles. The average molecular weight is 687 g/mol. The van der Waals surface area contributed by atoms with Crippen LogP contribution < -0.4 is 0 Å². The quantitative estimate of drug-likeness (QED) is 0.153. The van der Waals surface area contributed by atoms with Crippen molar-refractivity contribution in [3.05, 3.63) is 211 Å². The molecule has 9 aromatic rings. The number of hydrogen-bond donors (Lipinski definition) is 0. The number of rotatable bonds is 6. The third-order valence-electron chi connectivity index (χ3n) is 11.1. The molecule has 0 saturated carbocycles. The summed E-state index contributed by atoms with van der Waals surface area (Å²) in [6.45, 7) is 0. The fourth-order valence-electron chi connectivity index (χ4n) is 8.38. The first-order valence-electron chi connectivity index (χ1n) is 19.0. The lowest BCUT2D eigenvalue weighted by Crippen LogP contribution is -1.96. The molecule has 1 aliphatic rings. The summed E-state index contributed by atoms with van der Waals surface area (Å²) in [7, 11) is 0. The lowest BCUT2D eigenvalue weighted by atomic mass is 9.83. The molecule has 0 heteroatoms.